The lowest BCUT2D eigenvalue weighted by atomic mass is 10.1. The third kappa shape index (κ3) is 4.37. The Morgan fingerprint density at radius 3 is 3.00 bits per heavy atom. The molecule has 0 radical (unpaired) electrons. The Kier molecular flexibility index (Phi) is 3.87. The van der Waals surface area contributed by atoms with Crippen LogP contribution in [0.2, 0.25) is 0 Å². The van der Waals surface area contributed by atoms with E-state index in [1.54, 1.807) is 6.07 Å². The van der Waals surface area contributed by atoms with Crippen LogP contribution in [0.4, 0.5) is 27.7 Å². The average Bonchev–Trinajstić information content (AvgIpc) is 3.56. The number of nitrogens with zero attached hydrogens (tertiary/aromatic N) is 5. The Hall–Kier alpha value is -3.56. The largest absolute Gasteiger partial charge is 0.329 e. The Labute approximate surface area is 201 Å². The van der Waals surface area contributed by atoms with E-state index in [2.05, 4.69) is 35.8 Å². The van der Waals surface area contributed by atoms with Gasteiger partial charge in [-0.15, -0.1) is 0 Å². The molecule has 0 saturated carbocycles. The number of aromatic nitrogens is 5. The van der Waals surface area contributed by atoms with Crippen LogP contribution in [-0.4, -0.2) is 43.6 Å². The highest BCUT2D eigenvalue weighted by Crippen LogP contribution is 2.33. The van der Waals surface area contributed by atoms with Gasteiger partial charge >= 0.3 is 0 Å². The van der Waals surface area contributed by atoms with Gasteiger partial charge in [0.05, 0.1) is 18.9 Å². The molecule has 2 aliphatic rings. The summed E-state index contributed by atoms with van der Waals surface area (Å²) in [5, 5.41) is 12.5. The monoisotopic (exact) mass is 457 g/mol. The SMILES string of the molecule is [2H]C1([2H])N(c2nc3c(c(Nc4cc(C(C)C)[nH]n4)n2)CCC3)[C@@]([2H])(C(=O)Nc2ccc(F)nc2)C([2H])([2H])C1([2H])[2H]. The summed E-state index contributed by atoms with van der Waals surface area (Å²) in [7, 11) is 0. The second kappa shape index (κ2) is 8.76. The molecule has 1 aliphatic carbocycles. The Morgan fingerprint density at radius 2 is 2.24 bits per heavy atom. The lowest BCUT2D eigenvalue weighted by Gasteiger charge is -2.25. The topological polar surface area (TPSA) is 112 Å². The molecular formula is C23H27FN8O. The molecular weight excluding hydrogens is 423 g/mol. The molecule has 1 fully saturated rings. The minimum absolute atomic E-state index is 0.0986. The van der Waals surface area contributed by atoms with Gasteiger partial charge in [0, 0.05) is 32.0 Å². The smallest absolute Gasteiger partial charge is 0.247 e. The van der Waals surface area contributed by atoms with Crippen LogP contribution >= 0.6 is 0 Å². The van der Waals surface area contributed by atoms with E-state index in [9.17, 15) is 9.18 Å². The number of aryl methyl sites for hydroxylation is 1. The van der Waals surface area contributed by atoms with Crippen molar-refractivity contribution in [2.24, 2.45) is 0 Å². The maximum Gasteiger partial charge on any atom is 0.247 e. The van der Waals surface area contributed by atoms with E-state index in [1.165, 1.54) is 0 Å². The summed E-state index contributed by atoms with van der Waals surface area (Å²) in [5.74, 6) is -1.99. The van der Waals surface area contributed by atoms with Gasteiger partial charge in [-0.25, -0.2) is 9.97 Å². The number of carbonyl (C=O) groups is 1. The zero-order chi connectivity index (χ0) is 29.3. The number of H-pyrrole nitrogens is 1. The van der Waals surface area contributed by atoms with Crippen molar-refractivity contribution >= 4 is 29.2 Å². The van der Waals surface area contributed by atoms with Gasteiger partial charge in [0.1, 0.15) is 11.8 Å². The molecule has 1 amide bonds. The van der Waals surface area contributed by atoms with Crippen LogP contribution in [0.15, 0.2) is 24.4 Å². The van der Waals surface area contributed by atoms with Crippen LogP contribution in [0.25, 0.3) is 0 Å². The van der Waals surface area contributed by atoms with E-state index in [0.29, 0.717) is 35.7 Å². The van der Waals surface area contributed by atoms with Crippen molar-refractivity contribution in [3.05, 3.63) is 47.3 Å². The molecule has 1 saturated heterocycles. The maximum absolute atomic E-state index is 13.6. The van der Waals surface area contributed by atoms with Gasteiger partial charge in [-0.3, -0.25) is 9.89 Å². The maximum atomic E-state index is 13.6. The predicted octanol–water partition coefficient (Wildman–Crippen LogP) is 3.70. The van der Waals surface area contributed by atoms with E-state index in [1.807, 2.05) is 13.8 Å². The summed E-state index contributed by atoms with van der Waals surface area (Å²) in [6, 6.07) is 0.604. The molecule has 1 atom stereocenters. The summed E-state index contributed by atoms with van der Waals surface area (Å²) in [5.41, 5.74) is 1.98. The molecule has 3 aromatic rings. The molecule has 0 aromatic carbocycles. The van der Waals surface area contributed by atoms with Crippen molar-refractivity contribution in [2.45, 2.75) is 57.8 Å². The van der Waals surface area contributed by atoms with Crippen molar-refractivity contribution in [1.82, 2.24) is 25.1 Å². The van der Waals surface area contributed by atoms with Crippen molar-refractivity contribution < 1.29 is 18.8 Å². The van der Waals surface area contributed by atoms with Crippen LogP contribution < -0.4 is 15.5 Å². The van der Waals surface area contributed by atoms with Crippen LogP contribution in [-0.2, 0) is 17.6 Å². The van der Waals surface area contributed by atoms with Gasteiger partial charge in [0.2, 0.25) is 17.8 Å². The molecule has 33 heavy (non-hydrogen) atoms. The number of anilines is 4. The quantitative estimate of drug-likeness (QED) is 0.484. The standard InChI is InChI=1S/C23H27FN8O/c1-13(2)17-11-20(31-30-17)28-21-15-5-3-6-16(15)27-23(29-21)32-10-4-7-18(32)22(33)26-14-8-9-19(24)25-12-14/h8-9,11-13,18H,3-7,10H2,1-2H3,(H,26,33)(H2,27,28,29,30,31)/t18-/m1/s1/i4D2,7D2,10D2,18D. The minimum atomic E-state index is -3.41. The number of rotatable bonds is 6. The Morgan fingerprint density at radius 1 is 1.36 bits per heavy atom. The van der Waals surface area contributed by atoms with Gasteiger partial charge in [-0.1, -0.05) is 13.8 Å². The lowest BCUT2D eigenvalue weighted by Crippen LogP contribution is -2.40. The molecule has 0 spiro atoms. The molecule has 3 N–H and O–H groups in total. The molecule has 3 aromatic heterocycles. The van der Waals surface area contributed by atoms with E-state index in [-0.39, 0.29) is 17.4 Å². The summed E-state index contributed by atoms with van der Waals surface area (Å²) >= 11 is 0. The van der Waals surface area contributed by atoms with Crippen LogP contribution in [0.5, 0.6) is 0 Å². The number of hydrogen-bond acceptors (Lipinski definition) is 7. The van der Waals surface area contributed by atoms with E-state index >= 15 is 0 Å². The third-order valence-electron chi connectivity index (χ3n) is 5.36. The number of aromatic amines is 1. The average molecular weight is 458 g/mol. The summed E-state index contributed by atoms with van der Waals surface area (Å²) in [4.78, 5) is 26.1. The summed E-state index contributed by atoms with van der Waals surface area (Å²) in [6.07, 6.45) is -4.06. The zero-order valence-corrected chi connectivity index (χ0v) is 18.0. The van der Waals surface area contributed by atoms with Gasteiger partial charge in [-0.2, -0.15) is 14.5 Å². The zero-order valence-electron chi connectivity index (χ0n) is 25.0. The molecule has 172 valence electrons. The first-order valence-corrected chi connectivity index (χ1v) is 10.6. The molecule has 1 aliphatic heterocycles. The normalized spacial score (nSPS) is 27.4. The number of pyridine rings is 1. The van der Waals surface area contributed by atoms with Gasteiger partial charge < -0.3 is 15.5 Å². The second-order valence-electron chi connectivity index (χ2n) is 8.01. The molecule has 5 rings (SSSR count). The second-order valence-corrected chi connectivity index (χ2v) is 8.01. The predicted molar refractivity (Wildman–Crippen MR) is 123 cm³/mol. The number of amides is 1. The molecule has 0 unspecified atom stereocenters. The highest BCUT2D eigenvalue weighted by atomic mass is 19.1. The first-order valence-electron chi connectivity index (χ1n) is 14.1. The highest BCUT2D eigenvalue weighted by molar-refractivity contribution is 5.96. The summed E-state index contributed by atoms with van der Waals surface area (Å²) < 4.78 is 73.5. The molecule has 10 heteroatoms. The van der Waals surface area contributed by atoms with Gasteiger partial charge in [-0.05, 0) is 50.1 Å². The van der Waals surface area contributed by atoms with Crippen molar-refractivity contribution in [1.29, 1.82) is 0 Å². The number of nitrogens with one attached hydrogen (secondary N) is 3. The lowest BCUT2D eigenvalue weighted by molar-refractivity contribution is -0.117. The van der Waals surface area contributed by atoms with Gasteiger partial charge in [0.25, 0.3) is 0 Å². The fourth-order valence-corrected chi connectivity index (χ4v) is 3.64. The molecule has 9 nitrogen and oxygen atoms in total. The number of fused-ring (bicyclic) bond motifs is 1. The molecule has 4 heterocycles. The van der Waals surface area contributed by atoms with E-state index < -0.39 is 43.1 Å². The minimum Gasteiger partial charge on any atom is -0.329 e. The first kappa shape index (κ1) is 14.6. The fraction of sp³-hybridized carbons (Fsp3) is 0.435. The van der Waals surface area contributed by atoms with Gasteiger partial charge in [0.15, 0.2) is 5.82 Å². The Balaban J connectivity index is 1.63. The van der Waals surface area contributed by atoms with Crippen LogP contribution in [0.3, 0.4) is 0 Å². The summed E-state index contributed by atoms with van der Waals surface area (Å²) in [6.45, 7) is 0.712. The van der Waals surface area contributed by atoms with Crippen LogP contribution in [0.1, 0.15) is 65.5 Å². The number of carbonyl (C=O) groups excluding carboxylic acids is 1. The van der Waals surface area contributed by atoms with E-state index in [0.717, 1.165) is 29.6 Å². The van der Waals surface area contributed by atoms with Crippen LogP contribution in [0, 0.1) is 5.95 Å². The van der Waals surface area contributed by atoms with Crippen molar-refractivity contribution in [2.75, 3.05) is 22.0 Å². The number of halogens is 1. The Bertz CT molecular complexity index is 1470. The highest BCUT2D eigenvalue weighted by Gasteiger charge is 2.34. The first-order chi connectivity index (χ1) is 18.6. The number of hydrogen-bond donors (Lipinski definition) is 3. The fourth-order valence-electron chi connectivity index (χ4n) is 3.64. The van der Waals surface area contributed by atoms with Crippen molar-refractivity contribution in [3.8, 4) is 0 Å². The third-order valence-corrected chi connectivity index (χ3v) is 5.36. The van der Waals surface area contributed by atoms with Crippen molar-refractivity contribution in [3.63, 3.8) is 0 Å². The molecule has 0 bridgehead atoms. The van der Waals surface area contributed by atoms with E-state index in [4.69, 9.17) is 9.60 Å².